The Morgan fingerprint density at radius 2 is 2.42 bits per heavy atom. The van der Waals surface area contributed by atoms with E-state index in [9.17, 15) is 4.79 Å². The summed E-state index contributed by atoms with van der Waals surface area (Å²) in [5.74, 6) is 0. The lowest BCUT2D eigenvalue weighted by Gasteiger charge is -2.03. The summed E-state index contributed by atoms with van der Waals surface area (Å²) in [5, 5.41) is 0. The molecule has 0 N–H and O–H groups in total. The number of rotatable bonds is 3. The smallest absolute Gasteiger partial charge is 0.293 e. The van der Waals surface area contributed by atoms with Crippen LogP contribution in [0.5, 0.6) is 0 Å². The largest absolute Gasteiger partial charge is 0.463 e. The van der Waals surface area contributed by atoms with Crippen molar-refractivity contribution in [2.75, 3.05) is 0 Å². The van der Waals surface area contributed by atoms with Crippen molar-refractivity contribution in [3.05, 3.63) is 29.8 Å². The van der Waals surface area contributed by atoms with Gasteiger partial charge in [0.2, 0.25) is 0 Å². The van der Waals surface area contributed by atoms with Gasteiger partial charge in [-0.05, 0) is 6.07 Å². The Labute approximate surface area is 81.5 Å². The summed E-state index contributed by atoms with van der Waals surface area (Å²) in [4.78, 5) is 11.2. The molecule has 0 radical (unpaired) electrons. The first kappa shape index (κ1) is 8.01. The van der Waals surface area contributed by atoms with Gasteiger partial charge in [0, 0.05) is 10.5 Å². The molecule has 0 aliphatic rings. The molecule has 0 aromatic heterocycles. The van der Waals surface area contributed by atoms with Crippen LogP contribution in [0.2, 0.25) is 0 Å². The van der Waals surface area contributed by atoms with Gasteiger partial charge in [-0.1, -0.05) is 29.0 Å². The lowest BCUT2D eigenvalue weighted by Crippen LogP contribution is -1.91. The highest BCUT2D eigenvalue weighted by Gasteiger charge is 1.99. The van der Waals surface area contributed by atoms with Crippen LogP contribution in [-0.4, -0.2) is 6.45 Å². The van der Waals surface area contributed by atoms with Crippen molar-refractivity contribution in [3.8, 4) is 0 Å². The molecule has 12 heavy (non-hydrogen) atoms. The highest BCUT2D eigenvalue weighted by Crippen LogP contribution is 2.25. The van der Waals surface area contributed by atoms with Gasteiger partial charge in [-0.25, -0.2) is 0 Å². The van der Waals surface area contributed by atoms with Crippen molar-refractivity contribution in [1.29, 1.82) is 0 Å². The Balaban J connectivity index is 2.69. The molecule has 1 aromatic rings. The summed E-state index contributed by atoms with van der Waals surface area (Å²) in [6, 6.07) is 7.44. The SMILES string of the molecule is [2H]C(=O)OCc1ccccc1SS. The van der Waals surface area contributed by atoms with E-state index in [-0.39, 0.29) is 6.61 Å². The first-order chi connectivity index (χ1) is 6.24. The average Bonchev–Trinajstić information content (AvgIpc) is 2.15. The molecular formula is C8H8O2S2. The van der Waals surface area contributed by atoms with Gasteiger partial charge in [-0.2, -0.15) is 0 Å². The predicted octanol–water partition coefficient (Wildman–Crippen LogP) is 2.30. The molecule has 0 aliphatic heterocycles. The monoisotopic (exact) mass is 201 g/mol. The normalized spacial score (nSPS) is 10.6. The van der Waals surface area contributed by atoms with Gasteiger partial charge < -0.3 is 4.74 Å². The molecule has 1 rings (SSSR count). The molecule has 0 saturated heterocycles. The zero-order chi connectivity index (χ0) is 9.68. The van der Waals surface area contributed by atoms with Crippen LogP contribution in [0.25, 0.3) is 0 Å². The van der Waals surface area contributed by atoms with E-state index < -0.39 is 6.45 Å². The molecule has 0 unspecified atom stereocenters. The second-order valence-corrected chi connectivity index (χ2v) is 3.24. The maximum Gasteiger partial charge on any atom is 0.293 e. The van der Waals surface area contributed by atoms with Crippen molar-refractivity contribution in [1.82, 2.24) is 0 Å². The van der Waals surface area contributed by atoms with Gasteiger partial charge >= 0.3 is 0 Å². The summed E-state index contributed by atoms with van der Waals surface area (Å²) >= 11 is 4.05. The molecule has 0 fully saturated rings. The summed E-state index contributed by atoms with van der Waals surface area (Å²) in [6.07, 6.45) is -1.01. The quantitative estimate of drug-likeness (QED) is 0.462. The molecular weight excluding hydrogens is 192 g/mol. The van der Waals surface area contributed by atoms with Gasteiger partial charge in [0.15, 0.2) is 1.37 Å². The first-order valence-electron chi connectivity index (χ1n) is 3.76. The number of hydrogen-bond donors (Lipinski definition) is 1. The Kier molecular flexibility index (Phi) is 3.41. The van der Waals surface area contributed by atoms with E-state index in [1.807, 2.05) is 24.3 Å². The fraction of sp³-hybridized carbons (Fsp3) is 0.125. The molecule has 2 nitrogen and oxygen atoms in total. The van der Waals surface area contributed by atoms with Gasteiger partial charge in [0.25, 0.3) is 6.45 Å². The average molecular weight is 201 g/mol. The molecule has 1 aromatic carbocycles. The molecule has 0 spiro atoms. The van der Waals surface area contributed by atoms with E-state index in [1.54, 1.807) is 0 Å². The molecule has 0 heterocycles. The van der Waals surface area contributed by atoms with Crippen LogP contribution in [0.1, 0.15) is 6.93 Å². The Morgan fingerprint density at radius 1 is 1.67 bits per heavy atom. The maximum atomic E-state index is 10.2. The molecule has 0 bridgehead atoms. The van der Waals surface area contributed by atoms with E-state index in [1.165, 1.54) is 10.8 Å². The van der Waals surface area contributed by atoms with Crippen LogP contribution in [0.3, 0.4) is 0 Å². The first-order valence-corrected chi connectivity index (χ1v) is 5.13. The number of ether oxygens (including phenoxy) is 1. The number of thiol groups is 1. The standard InChI is InChI=1S/C8H8O2S2/c9-6-10-5-7-3-1-2-4-8(7)12-11/h1-4,6,11H,5H2/i6D. The highest BCUT2D eigenvalue weighted by molar-refractivity contribution is 8.68. The second kappa shape index (κ2) is 5.11. The van der Waals surface area contributed by atoms with Crippen LogP contribution >= 0.6 is 22.5 Å². The summed E-state index contributed by atoms with van der Waals surface area (Å²) in [7, 11) is 1.29. The van der Waals surface area contributed by atoms with Gasteiger partial charge in [0.05, 0.1) is 0 Å². The zero-order valence-corrected chi connectivity index (χ0v) is 7.90. The molecule has 0 saturated carbocycles. The van der Waals surface area contributed by atoms with Crippen molar-refractivity contribution < 1.29 is 10.9 Å². The topological polar surface area (TPSA) is 26.3 Å². The van der Waals surface area contributed by atoms with Gasteiger partial charge in [-0.15, -0.1) is 11.7 Å². The number of hydrogen-bond acceptors (Lipinski definition) is 4. The predicted molar refractivity (Wildman–Crippen MR) is 52.1 cm³/mol. The molecule has 64 valence electrons. The molecule has 0 aliphatic carbocycles. The van der Waals surface area contributed by atoms with Crippen LogP contribution in [0.4, 0.5) is 0 Å². The minimum atomic E-state index is -1.01. The summed E-state index contributed by atoms with van der Waals surface area (Å²) in [5.41, 5.74) is 0.864. The van der Waals surface area contributed by atoms with Gasteiger partial charge in [-0.3, -0.25) is 4.79 Å². The fourth-order valence-electron chi connectivity index (χ4n) is 0.819. The Morgan fingerprint density at radius 3 is 3.08 bits per heavy atom. The second-order valence-electron chi connectivity index (χ2n) is 2.07. The van der Waals surface area contributed by atoms with Crippen molar-refractivity contribution in [2.24, 2.45) is 0 Å². The highest BCUT2D eigenvalue weighted by atomic mass is 33.1. The third-order valence-corrected chi connectivity index (χ3v) is 2.54. The summed E-state index contributed by atoms with van der Waals surface area (Å²) < 4.78 is 11.1. The van der Waals surface area contributed by atoms with Crippen molar-refractivity contribution in [2.45, 2.75) is 11.5 Å². The van der Waals surface area contributed by atoms with Crippen molar-refractivity contribution in [3.63, 3.8) is 0 Å². The van der Waals surface area contributed by atoms with E-state index in [4.69, 9.17) is 1.37 Å². The van der Waals surface area contributed by atoms with Crippen LogP contribution < -0.4 is 0 Å². The van der Waals surface area contributed by atoms with E-state index in [2.05, 4.69) is 16.4 Å². The van der Waals surface area contributed by atoms with Crippen LogP contribution in [0.15, 0.2) is 29.2 Å². The molecule has 4 heteroatoms. The maximum absolute atomic E-state index is 10.2. The summed E-state index contributed by atoms with van der Waals surface area (Å²) in [6.45, 7) is 0.131. The minimum absolute atomic E-state index is 0.131. The molecule has 0 amide bonds. The lowest BCUT2D eigenvalue weighted by atomic mass is 10.2. The number of carbonyl (C=O) groups excluding carboxylic acids is 1. The van der Waals surface area contributed by atoms with Crippen molar-refractivity contribution >= 4 is 28.9 Å². The third kappa shape index (κ3) is 2.46. The Hall–Kier alpha value is -0.610. The number of carbonyl (C=O) groups is 1. The zero-order valence-electron chi connectivity index (χ0n) is 7.19. The van der Waals surface area contributed by atoms with E-state index >= 15 is 0 Å². The van der Waals surface area contributed by atoms with Crippen LogP contribution in [-0.2, 0) is 16.1 Å². The lowest BCUT2D eigenvalue weighted by molar-refractivity contribution is -0.129. The minimum Gasteiger partial charge on any atom is -0.463 e. The Bertz CT molecular complexity index is 304. The van der Waals surface area contributed by atoms with E-state index in [0.29, 0.717) is 0 Å². The van der Waals surface area contributed by atoms with E-state index in [0.717, 1.165) is 10.5 Å². The number of benzene rings is 1. The van der Waals surface area contributed by atoms with Gasteiger partial charge in [0.1, 0.15) is 6.61 Å². The van der Waals surface area contributed by atoms with Crippen LogP contribution in [0, 0.1) is 0 Å². The molecule has 0 atom stereocenters. The fourth-order valence-corrected chi connectivity index (χ4v) is 1.74. The third-order valence-electron chi connectivity index (χ3n) is 1.36.